The average Bonchev–Trinajstić information content (AvgIpc) is 2.45. The van der Waals surface area contributed by atoms with E-state index in [9.17, 15) is 4.79 Å². The summed E-state index contributed by atoms with van der Waals surface area (Å²) in [6.07, 6.45) is 2.04. The minimum Gasteiger partial charge on any atom is -0.399 e. The molecule has 4 nitrogen and oxygen atoms in total. The van der Waals surface area contributed by atoms with Crippen LogP contribution in [0, 0.1) is 11.8 Å². The van der Waals surface area contributed by atoms with Crippen LogP contribution in [-0.2, 0) is 4.79 Å². The minimum absolute atomic E-state index is 0.0973. The van der Waals surface area contributed by atoms with Crippen molar-refractivity contribution in [3.05, 3.63) is 24.3 Å². The van der Waals surface area contributed by atoms with E-state index in [1.165, 1.54) is 0 Å². The Bertz CT molecular complexity index is 442. The zero-order valence-electron chi connectivity index (χ0n) is 12.4. The van der Waals surface area contributed by atoms with Crippen LogP contribution in [0.4, 0.5) is 11.4 Å². The summed E-state index contributed by atoms with van der Waals surface area (Å²) < 4.78 is 0. The predicted molar refractivity (Wildman–Crippen MR) is 83.6 cm³/mol. The predicted octanol–water partition coefficient (Wildman–Crippen LogP) is 2.26. The van der Waals surface area contributed by atoms with Crippen molar-refractivity contribution in [1.82, 2.24) is 5.32 Å². The third-order valence-corrected chi connectivity index (χ3v) is 3.73. The van der Waals surface area contributed by atoms with Crippen LogP contribution in [0.5, 0.6) is 0 Å². The number of amides is 1. The van der Waals surface area contributed by atoms with Crippen molar-refractivity contribution in [2.45, 2.75) is 26.7 Å². The normalized spacial score (nSPS) is 19.1. The lowest BCUT2D eigenvalue weighted by Gasteiger charge is -2.34. The molecule has 110 valence electrons. The van der Waals surface area contributed by atoms with E-state index in [0.717, 1.165) is 43.9 Å². The van der Waals surface area contributed by atoms with Gasteiger partial charge in [0.1, 0.15) is 0 Å². The maximum absolute atomic E-state index is 12.2. The molecule has 1 aliphatic heterocycles. The lowest BCUT2D eigenvalue weighted by Crippen LogP contribution is -2.43. The van der Waals surface area contributed by atoms with E-state index in [1.54, 1.807) is 0 Å². The van der Waals surface area contributed by atoms with E-state index in [4.69, 9.17) is 5.73 Å². The molecule has 2 rings (SSSR count). The molecule has 1 aliphatic rings. The molecule has 4 heteroatoms. The van der Waals surface area contributed by atoms with Crippen molar-refractivity contribution >= 4 is 17.3 Å². The number of hydrogen-bond donors (Lipinski definition) is 2. The molecule has 0 saturated carbocycles. The first-order chi connectivity index (χ1) is 9.56. The van der Waals surface area contributed by atoms with E-state index < -0.39 is 0 Å². The number of piperidine rings is 1. The summed E-state index contributed by atoms with van der Waals surface area (Å²) in [5, 5.41) is 3.05. The second-order valence-corrected chi connectivity index (χ2v) is 6.02. The Kier molecular flexibility index (Phi) is 4.88. The van der Waals surface area contributed by atoms with Crippen LogP contribution in [0.15, 0.2) is 24.3 Å². The van der Waals surface area contributed by atoms with Crippen molar-refractivity contribution in [3.63, 3.8) is 0 Å². The summed E-state index contributed by atoms with van der Waals surface area (Å²) in [4.78, 5) is 14.5. The Morgan fingerprint density at radius 1 is 1.40 bits per heavy atom. The number of anilines is 2. The number of hydrogen-bond acceptors (Lipinski definition) is 3. The first kappa shape index (κ1) is 14.7. The van der Waals surface area contributed by atoms with Gasteiger partial charge in [-0.05, 0) is 43.0 Å². The molecule has 1 fully saturated rings. The Balaban J connectivity index is 1.94. The topological polar surface area (TPSA) is 58.4 Å². The van der Waals surface area contributed by atoms with E-state index in [1.807, 2.05) is 24.3 Å². The summed E-state index contributed by atoms with van der Waals surface area (Å²) in [5.74, 6) is 0.787. The van der Waals surface area contributed by atoms with Gasteiger partial charge in [0.2, 0.25) is 5.91 Å². The quantitative estimate of drug-likeness (QED) is 0.829. The molecule has 1 amide bonds. The van der Waals surface area contributed by atoms with Crippen LogP contribution >= 0.6 is 0 Å². The van der Waals surface area contributed by atoms with Crippen molar-refractivity contribution in [2.24, 2.45) is 11.8 Å². The van der Waals surface area contributed by atoms with Gasteiger partial charge in [0.15, 0.2) is 0 Å². The average molecular weight is 275 g/mol. The fourth-order valence-electron chi connectivity index (χ4n) is 2.56. The molecule has 1 aromatic rings. The third kappa shape index (κ3) is 3.89. The fourth-order valence-corrected chi connectivity index (χ4v) is 2.56. The first-order valence-electron chi connectivity index (χ1n) is 7.44. The lowest BCUT2D eigenvalue weighted by molar-refractivity contribution is -0.125. The van der Waals surface area contributed by atoms with Gasteiger partial charge in [0.25, 0.3) is 0 Å². The Morgan fingerprint density at radius 3 is 2.75 bits per heavy atom. The van der Waals surface area contributed by atoms with Gasteiger partial charge in [-0.25, -0.2) is 0 Å². The number of rotatable bonds is 4. The van der Waals surface area contributed by atoms with Gasteiger partial charge in [-0.15, -0.1) is 0 Å². The van der Waals surface area contributed by atoms with E-state index in [-0.39, 0.29) is 11.8 Å². The Labute approximate surface area is 121 Å². The SMILES string of the molecule is CC(C)CNC(=O)C1CCCN(c2ccc(N)cc2)C1. The van der Waals surface area contributed by atoms with Gasteiger partial charge >= 0.3 is 0 Å². The summed E-state index contributed by atoms with van der Waals surface area (Å²) >= 11 is 0. The molecule has 1 aromatic carbocycles. The Morgan fingerprint density at radius 2 is 2.10 bits per heavy atom. The maximum Gasteiger partial charge on any atom is 0.224 e. The van der Waals surface area contributed by atoms with Gasteiger partial charge < -0.3 is 16.0 Å². The van der Waals surface area contributed by atoms with E-state index in [0.29, 0.717) is 5.92 Å². The fraction of sp³-hybridized carbons (Fsp3) is 0.562. The summed E-state index contributed by atoms with van der Waals surface area (Å²) in [5.41, 5.74) is 7.65. The number of carbonyl (C=O) groups is 1. The number of carbonyl (C=O) groups excluding carboxylic acids is 1. The Hall–Kier alpha value is -1.71. The minimum atomic E-state index is 0.0973. The molecule has 1 heterocycles. The highest BCUT2D eigenvalue weighted by Crippen LogP contribution is 2.24. The van der Waals surface area contributed by atoms with Crippen LogP contribution in [0.1, 0.15) is 26.7 Å². The molecule has 0 bridgehead atoms. The highest BCUT2D eigenvalue weighted by atomic mass is 16.1. The highest BCUT2D eigenvalue weighted by Gasteiger charge is 2.25. The molecule has 20 heavy (non-hydrogen) atoms. The second-order valence-electron chi connectivity index (χ2n) is 6.02. The van der Waals surface area contributed by atoms with Gasteiger partial charge in [0, 0.05) is 31.0 Å². The number of nitrogens with one attached hydrogen (secondary N) is 1. The summed E-state index contributed by atoms with van der Waals surface area (Å²) in [7, 11) is 0. The first-order valence-corrected chi connectivity index (χ1v) is 7.44. The smallest absolute Gasteiger partial charge is 0.224 e. The molecule has 0 aliphatic carbocycles. The standard InChI is InChI=1S/C16H25N3O/c1-12(2)10-18-16(20)13-4-3-9-19(11-13)15-7-5-14(17)6-8-15/h5-8,12-13H,3-4,9-11,17H2,1-2H3,(H,18,20). The molecule has 0 spiro atoms. The zero-order valence-corrected chi connectivity index (χ0v) is 12.4. The van der Waals surface area contributed by atoms with Gasteiger partial charge in [0.05, 0.1) is 5.92 Å². The number of benzene rings is 1. The number of nitrogen functional groups attached to an aromatic ring is 1. The molecule has 1 unspecified atom stereocenters. The van der Waals surface area contributed by atoms with Crippen LogP contribution in [0.3, 0.4) is 0 Å². The number of nitrogens with zero attached hydrogens (tertiary/aromatic N) is 1. The van der Waals surface area contributed by atoms with Crippen LogP contribution in [0.2, 0.25) is 0 Å². The van der Waals surface area contributed by atoms with Crippen molar-refractivity contribution < 1.29 is 4.79 Å². The monoisotopic (exact) mass is 275 g/mol. The molecular formula is C16H25N3O. The lowest BCUT2D eigenvalue weighted by atomic mass is 9.96. The summed E-state index contributed by atoms with van der Waals surface area (Å²) in [6, 6.07) is 7.89. The van der Waals surface area contributed by atoms with Crippen LogP contribution < -0.4 is 16.0 Å². The van der Waals surface area contributed by atoms with Crippen molar-refractivity contribution in [2.75, 3.05) is 30.3 Å². The molecule has 1 atom stereocenters. The molecule has 3 N–H and O–H groups in total. The van der Waals surface area contributed by atoms with E-state index >= 15 is 0 Å². The zero-order chi connectivity index (χ0) is 14.5. The van der Waals surface area contributed by atoms with Crippen LogP contribution in [0.25, 0.3) is 0 Å². The molecule has 1 saturated heterocycles. The van der Waals surface area contributed by atoms with E-state index in [2.05, 4.69) is 24.1 Å². The van der Waals surface area contributed by atoms with Gasteiger partial charge in [-0.1, -0.05) is 13.8 Å². The van der Waals surface area contributed by atoms with Gasteiger partial charge in [-0.3, -0.25) is 4.79 Å². The maximum atomic E-state index is 12.2. The number of nitrogens with two attached hydrogens (primary N) is 1. The molecule has 0 radical (unpaired) electrons. The van der Waals surface area contributed by atoms with Crippen molar-refractivity contribution in [1.29, 1.82) is 0 Å². The molecular weight excluding hydrogens is 250 g/mol. The molecule has 0 aromatic heterocycles. The largest absolute Gasteiger partial charge is 0.399 e. The van der Waals surface area contributed by atoms with Gasteiger partial charge in [-0.2, -0.15) is 0 Å². The third-order valence-electron chi connectivity index (χ3n) is 3.73. The van der Waals surface area contributed by atoms with Crippen molar-refractivity contribution in [3.8, 4) is 0 Å². The highest BCUT2D eigenvalue weighted by molar-refractivity contribution is 5.79. The second kappa shape index (κ2) is 6.64. The van der Waals surface area contributed by atoms with Crippen LogP contribution in [-0.4, -0.2) is 25.5 Å². The summed E-state index contributed by atoms with van der Waals surface area (Å²) in [6.45, 7) is 6.80.